The predicted molar refractivity (Wildman–Crippen MR) is 87.4 cm³/mol. The number of methoxy groups -OCH3 is 1. The lowest BCUT2D eigenvalue weighted by molar-refractivity contribution is 0.235. The Morgan fingerprint density at radius 3 is 2.58 bits per heavy atom. The van der Waals surface area contributed by atoms with E-state index in [2.05, 4.69) is 0 Å². The van der Waals surface area contributed by atoms with E-state index in [9.17, 15) is 17.2 Å². The lowest BCUT2D eigenvalue weighted by atomic mass is 9.98. The summed E-state index contributed by atoms with van der Waals surface area (Å²) in [6, 6.07) is 11.6. The standard InChI is InChI=1S/C17H17F2NO3S/c1-23-15-7-4-5-12-11-20(10-9-13(12)15)14-6-2-3-8-16(14)24(21,22)17(18)19/h2-8,17H,9-11H2,1H3. The van der Waals surface area contributed by atoms with Crippen LogP contribution in [-0.4, -0.2) is 27.8 Å². The molecule has 1 heterocycles. The maximum absolute atomic E-state index is 13.0. The Morgan fingerprint density at radius 2 is 1.88 bits per heavy atom. The Balaban J connectivity index is 2.00. The molecule has 0 saturated carbocycles. The highest BCUT2D eigenvalue weighted by molar-refractivity contribution is 7.91. The van der Waals surface area contributed by atoms with E-state index in [0.29, 0.717) is 25.2 Å². The largest absolute Gasteiger partial charge is 0.496 e. The van der Waals surface area contributed by atoms with Crippen LogP contribution in [0.4, 0.5) is 14.5 Å². The van der Waals surface area contributed by atoms with Gasteiger partial charge in [0, 0.05) is 18.7 Å². The first-order chi connectivity index (χ1) is 11.4. The summed E-state index contributed by atoms with van der Waals surface area (Å²) >= 11 is 0. The van der Waals surface area contributed by atoms with Crippen molar-refractivity contribution in [3.05, 3.63) is 53.6 Å². The van der Waals surface area contributed by atoms with E-state index in [-0.39, 0.29) is 4.90 Å². The van der Waals surface area contributed by atoms with Crippen LogP contribution in [0, 0.1) is 0 Å². The number of hydrogen-bond donors (Lipinski definition) is 0. The molecule has 0 unspecified atom stereocenters. The van der Waals surface area contributed by atoms with Crippen molar-refractivity contribution in [2.75, 3.05) is 18.6 Å². The second-order valence-electron chi connectivity index (χ2n) is 5.54. The van der Waals surface area contributed by atoms with Crippen LogP contribution in [0.5, 0.6) is 5.75 Å². The second-order valence-corrected chi connectivity index (χ2v) is 7.43. The number of sulfone groups is 1. The van der Waals surface area contributed by atoms with E-state index >= 15 is 0 Å². The fraction of sp³-hybridized carbons (Fsp3) is 0.294. The van der Waals surface area contributed by atoms with Crippen LogP contribution in [0.3, 0.4) is 0 Å². The molecule has 7 heteroatoms. The number of anilines is 1. The van der Waals surface area contributed by atoms with Gasteiger partial charge in [-0.05, 0) is 30.2 Å². The highest BCUT2D eigenvalue weighted by atomic mass is 32.2. The summed E-state index contributed by atoms with van der Waals surface area (Å²) in [4.78, 5) is 1.49. The molecule has 1 aliphatic heterocycles. The van der Waals surface area contributed by atoms with Crippen molar-refractivity contribution in [1.29, 1.82) is 0 Å². The summed E-state index contributed by atoms with van der Waals surface area (Å²) in [5.74, 6) is -2.64. The van der Waals surface area contributed by atoms with Gasteiger partial charge in [0.1, 0.15) is 5.75 Å². The van der Waals surface area contributed by atoms with Crippen LogP contribution in [0.2, 0.25) is 0 Å². The number of fused-ring (bicyclic) bond motifs is 1. The molecule has 2 aromatic carbocycles. The average molecular weight is 353 g/mol. The summed E-state index contributed by atoms with van der Waals surface area (Å²) in [5, 5.41) is 0. The second kappa shape index (κ2) is 6.39. The Kier molecular flexibility index (Phi) is 4.45. The summed E-state index contributed by atoms with van der Waals surface area (Å²) in [6.45, 7) is 0.978. The minimum absolute atomic E-state index is 0.311. The highest BCUT2D eigenvalue weighted by Crippen LogP contribution is 2.34. The molecule has 4 nitrogen and oxygen atoms in total. The molecule has 3 rings (SSSR count). The van der Waals surface area contributed by atoms with Crippen LogP contribution in [0.15, 0.2) is 47.4 Å². The molecular weight excluding hydrogens is 336 g/mol. The summed E-state index contributed by atoms with van der Waals surface area (Å²) < 4.78 is 55.2. The first-order valence-corrected chi connectivity index (χ1v) is 9.00. The van der Waals surface area contributed by atoms with Crippen LogP contribution in [-0.2, 0) is 22.8 Å². The molecule has 0 N–H and O–H groups in total. The topological polar surface area (TPSA) is 46.6 Å². The molecule has 2 aromatic rings. The predicted octanol–water partition coefficient (Wildman–Crippen LogP) is 3.25. The Bertz CT molecular complexity index is 853. The number of nitrogens with zero attached hydrogens (tertiary/aromatic N) is 1. The molecule has 0 aromatic heterocycles. The quantitative estimate of drug-likeness (QED) is 0.847. The van der Waals surface area contributed by atoms with Gasteiger partial charge in [0.2, 0.25) is 9.84 Å². The number of halogens is 2. The van der Waals surface area contributed by atoms with Crippen molar-refractivity contribution in [1.82, 2.24) is 0 Å². The first kappa shape index (κ1) is 16.7. The third kappa shape index (κ3) is 2.84. The number of ether oxygens (including phenoxy) is 1. The van der Waals surface area contributed by atoms with Crippen molar-refractivity contribution >= 4 is 15.5 Å². The van der Waals surface area contributed by atoms with Crippen LogP contribution in [0.25, 0.3) is 0 Å². The molecule has 0 saturated heterocycles. The van der Waals surface area contributed by atoms with E-state index in [4.69, 9.17) is 4.74 Å². The normalized spacial score (nSPS) is 14.6. The monoisotopic (exact) mass is 353 g/mol. The summed E-state index contributed by atoms with van der Waals surface area (Å²) in [6.07, 6.45) is 0.655. The van der Waals surface area contributed by atoms with Gasteiger partial charge in [-0.25, -0.2) is 8.42 Å². The van der Waals surface area contributed by atoms with Gasteiger partial charge >= 0.3 is 5.76 Å². The molecule has 0 spiro atoms. The lowest BCUT2D eigenvalue weighted by Crippen LogP contribution is -2.32. The average Bonchev–Trinajstić information content (AvgIpc) is 2.60. The zero-order chi connectivity index (χ0) is 17.3. The number of hydrogen-bond acceptors (Lipinski definition) is 4. The van der Waals surface area contributed by atoms with Gasteiger partial charge in [-0.2, -0.15) is 8.78 Å². The van der Waals surface area contributed by atoms with Gasteiger partial charge in [0.15, 0.2) is 0 Å². The maximum Gasteiger partial charge on any atom is 0.341 e. The molecule has 0 amide bonds. The molecule has 0 radical (unpaired) electrons. The van der Waals surface area contributed by atoms with Gasteiger partial charge < -0.3 is 9.64 Å². The number of para-hydroxylation sites is 1. The van der Waals surface area contributed by atoms with Crippen molar-refractivity contribution in [2.24, 2.45) is 0 Å². The van der Waals surface area contributed by atoms with Gasteiger partial charge in [-0.3, -0.25) is 0 Å². The van der Waals surface area contributed by atoms with Crippen molar-refractivity contribution in [3.8, 4) is 5.75 Å². The lowest BCUT2D eigenvalue weighted by Gasteiger charge is -2.32. The fourth-order valence-electron chi connectivity index (χ4n) is 3.03. The SMILES string of the molecule is COc1cccc2c1CCN(c1ccccc1S(=O)(=O)C(F)F)C2. The Morgan fingerprint density at radius 1 is 1.12 bits per heavy atom. The highest BCUT2D eigenvalue weighted by Gasteiger charge is 2.31. The van der Waals surface area contributed by atoms with Gasteiger partial charge in [0.05, 0.1) is 17.7 Å². The smallest absolute Gasteiger partial charge is 0.341 e. The fourth-order valence-corrected chi connectivity index (χ4v) is 3.98. The minimum atomic E-state index is -4.65. The molecule has 0 aliphatic carbocycles. The minimum Gasteiger partial charge on any atom is -0.496 e. The Hall–Kier alpha value is -2.15. The number of rotatable bonds is 4. The van der Waals surface area contributed by atoms with E-state index in [1.165, 1.54) is 12.1 Å². The number of alkyl halides is 2. The van der Waals surface area contributed by atoms with Crippen LogP contribution in [0.1, 0.15) is 11.1 Å². The zero-order valence-corrected chi connectivity index (χ0v) is 13.9. The molecule has 1 aliphatic rings. The maximum atomic E-state index is 13.0. The third-order valence-electron chi connectivity index (χ3n) is 4.19. The molecule has 0 fully saturated rings. The summed E-state index contributed by atoms with van der Waals surface area (Å²) in [5.41, 5.74) is 2.39. The Labute approximate surface area is 139 Å². The molecular formula is C17H17F2NO3S. The van der Waals surface area contributed by atoms with Gasteiger partial charge in [-0.15, -0.1) is 0 Å². The van der Waals surface area contributed by atoms with Crippen molar-refractivity contribution in [3.63, 3.8) is 0 Å². The molecule has 24 heavy (non-hydrogen) atoms. The van der Waals surface area contributed by atoms with Crippen LogP contribution >= 0.6 is 0 Å². The van der Waals surface area contributed by atoms with E-state index < -0.39 is 15.6 Å². The third-order valence-corrected chi connectivity index (χ3v) is 5.62. The van der Waals surface area contributed by atoms with Gasteiger partial charge in [0.25, 0.3) is 0 Å². The zero-order valence-electron chi connectivity index (χ0n) is 13.1. The van der Waals surface area contributed by atoms with E-state index in [1.54, 1.807) is 19.2 Å². The summed E-state index contributed by atoms with van der Waals surface area (Å²) in [7, 11) is -3.04. The number of benzene rings is 2. The van der Waals surface area contributed by atoms with Crippen molar-refractivity contribution in [2.45, 2.75) is 23.6 Å². The molecule has 128 valence electrons. The van der Waals surface area contributed by atoms with E-state index in [1.807, 2.05) is 23.1 Å². The van der Waals surface area contributed by atoms with Gasteiger partial charge in [-0.1, -0.05) is 24.3 Å². The van der Waals surface area contributed by atoms with E-state index in [0.717, 1.165) is 16.9 Å². The molecule has 0 atom stereocenters. The molecule has 0 bridgehead atoms. The first-order valence-electron chi connectivity index (χ1n) is 7.46. The van der Waals surface area contributed by atoms with Crippen molar-refractivity contribution < 1.29 is 21.9 Å². The van der Waals surface area contributed by atoms with Crippen LogP contribution < -0.4 is 9.64 Å².